The topological polar surface area (TPSA) is 69.5 Å². The number of likely N-dealkylation sites (N-methyl/N-ethyl adjacent to an activating group) is 1. The fourth-order valence-electron chi connectivity index (χ4n) is 3.60. The number of aromatic nitrogens is 1. The molecule has 3 rings (SSSR count). The summed E-state index contributed by atoms with van der Waals surface area (Å²) in [6, 6.07) is 2.07. The molecule has 1 aromatic rings. The number of nitriles is 1. The van der Waals surface area contributed by atoms with Gasteiger partial charge in [-0.25, -0.2) is 4.98 Å². The molecule has 7 heteroatoms. The first-order valence-electron chi connectivity index (χ1n) is 8.10. The van der Waals surface area contributed by atoms with E-state index >= 15 is 0 Å². The monoisotopic (exact) mass is 334 g/mol. The van der Waals surface area contributed by atoms with E-state index in [1.165, 1.54) is 11.3 Å². The number of piperidine rings is 1. The fourth-order valence-corrected chi connectivity index (χ4v) is 4.23. The third kappa shape index (κ3) is 3.25. The molecule has 6 nitrogen and oxygen atoms in total. The highest BCUT2D eigenvalue weighted by molar-refractivity contribution is 7.13. The molecule has 2 fully saturated rings. The first-order chi connectivity index (χ1) is 11.2. The lowest BCUT2D eigenvalue weighted by Crippen LogP contribution is -2.60. The number of likely N-dealkylation sites (tertiary alicyclic amines) is 1. The number of anilines is 1. The van der Waals surface area contributed by atoms with Crippen molar-refractivity contribution in [3.8, 4) is 6.07 Å². The minimum absolute atomic E-state index is 0.0342. The van der Waals surface area contributed by atoms with E-state index in [-0.39, 0.29) is 24.1 Å². The first kappa shape index (κ1) is 16.4. The van der Waals surface area contributed by atoms with Crippen molar-refractivity contribution < 1.29 is 9.53 Å². The fraction of sp³-hybridized carbons (Fsp3) is 0.688. The molecule has 2 aliphatic rings. The molecule has 2 atom stereocenters. The molecule has 0 radical (unpaired) electrons. The van der Waals surface area contributed by atoms with E-state index in [9.17, 15) is 10.1 Å². The molecular formula is C16H22N4O2S. The smallest absolute Gasteiger partial charge is 0.242 e. The van der Waals surface area contributed by atoms with Gasteiger partial charge in [0, 0.05) is 31.8 Å². The van der Waals surface area contributed by atoms with E-state index in [0.29, 0.717) is 5.13 Å². The Labute approximate surface area is 140 Å². The maximum absolute atomic E-state index is 12.5. The highest BCUT2D eigenvalue weighted by Crippen LogP contribution is 2.38. The van der Waals surface area contributed by atoms with Crippen molar-refractivity contribution in [1.29, 1.82) is 5.26 Å². The molecule has 0 N–H and O–H groups in total. The van der Waals surface area contributed by atoms with Crippen molar-refractivity contribution in [3.63, 3.8) is 0 Å². The summed E-state index contributed by atoms with van der Waals surface area (Å²) in [5.41, 5.74) is -0.384. The number of hydrogen-bond donors (Lipinski definition) is 0. The average molecular weight is 334 g/mol. The van der Waals surface area contributed by atoms with Gasteiger partial charge in [-0.15, -0.1) is 11.3 Å². The van der Waals surface area contributed by atoms with Crippen LogP contribution in [-0.4, -0.2) is 54.2 Å². The number of thiazole rings is 1. The Hall–Kier alpha value is -1.49. The lowest BCUT2D eigenvalue weighted by atomic mass is 9.79. The summed E-state index contributed by atoms with van der Waals surface area (Å²) >= 11 is 1.44. The van der Waals surface area contributed by atoms with Crippen molar-refractivity contribution in [3.05, 3.63) is 11.6 Å². The van der Waals surface area contributed by atoms with Gasteiger partial charge >= 0.3 is 0 Å². The Bertz CT molecular complexity index is 572. The Morgan fingerprint density at radius 3 is 3.04 bits per heavy atom. The molecule has 2 aliphatic heterocycles. The maximum Gasteiger partial charge on any atom is 0.242 e. The second kappa shape index (κ2) is 6.95. The number of carbonyl (C=O) groups excluding carboxylic acids is 1. The van der Waals surface area contributed by atoms with Gasteiger partial charge in [0.05, 0.1) is 18.2 Å². The molecule has 1 spiro atoms. The van der Waals surface area contributed by atoms with Gasteiger partial charge in [-0.05, 0) is 32.1 Å². The molecule has 0 aromatic carbocycles. The number of ether oxygens (including phenoxy) is 1. The van der Waals surface area contributed by atoms with Gasteiger partial charge in [0.15, 0.2) is 5.13 Å². The summed E-state index contributed by atoms with van der Waals surface area (Å²) in [5, 5.41) is 12.2. The Morgan fingerprint density at radius 1 is 1.57 bits per heavy atom. The third-order valence-electron chi connectivity index (χ3n) is 4.83. The minimum atomic E-state index is -0.384. The van der Waals surface area contributed by atoms with Gasteiger partial charge in [0.2, 0.25) is 5.91 Å². The number of amides is 1. The van der Waals surface area contributed by atoms with Crippen molar-refractivity contribution in [2.75, 3.05) is 31.6 Å². The van der Waals surface area contributed by atoms with Gasteiger partial charge in [-0.3, -0.25) is 14.6 Å². The van der Waals surface area contributed by atoms with E-state index < -0.39 is 0 Å². The number of carbonyl (C=O) groups is 1. The predicted molar refractivity (Wildman–Crippen MR) is 88.3 cm³/mol. The van der Waals surface area contributed by atoms with Crippen LogP contribution in [0.25, 0.3) is 0 Å². The predicted octanol–water partition coefficient (Wildman–Crippen LogP) is 2.03. The van der Waals surface area contributed by atoms with E-state index in [4.69, 9.17) is 4.74 Å². The van der Waals surface area contributed by atoms with Crippen molar-refractivity contribution >= 4 is 22.4 Å². The molecule has 3 heterocycles. The average Bonchev–Trinajstić information content (AvgIpc) is 3.09. The summed E-state index contributed by atoms with van der Waals surface area (Å²) in [7, 11) is 1.74. The summed E-state index contributed by atoms with van der Waals surface area (Å²) in [6.07, 6.45) is 6.64. The third-order valence-corrected chi connectivity index (χ3v) is 5.68. The van der Waals surface area contributed by atoms with Crippen LogP contribution in [0.1, 0.15) is 32.1 Å². The molecular weight excluding hydrogens is 312 g/mol. The lowest BCUT2D eigenvalue weighted by molar-refractivity contribution is -0.142. The van der Waals surface area contributed by atoms with Gasteiger partial charge in [-0.2, -0.15) is 5.26 Å². The molecule has 23 heavy (non-hydrogen) atoms. The zero-order valence-electron chi connectivity index (χ0n) is 13.4. The SMILES string of the molecule is CN(C(=O)CN1CCC[C@]2(CCCCO2)[C@H]1C#N)c1nccs1. The van der Waals surface area contributed by atoms with E-state index in [1.807, 2.05) is 10.3 Å². The molecule has 0 saturated carbocycles. The van der Waals surface area contributed by atoms with Crippen LogP contribution in [0.15, 0.2) is 11.6 Å². The van der Waals surface area contributed by atoms with Gasteiger partial charge in [0.25, 0.3) is 0 Å². The molecule has 1 amide bonds. The van der Waals surface area contributed by atoms with Gasteiger partial charge in [0.1, 0.15) is 6.04 Å². The van der Waals surface area contributed by atoms with Crippen LogP contribution in [0.2, 0.25) is 0 Å². The van der Waals surface area contributed by atoms with E-state index in [2.05, 4.69) is 11.1 Å². The molecule has 124 valence electrons. The van der Waals surface area contributed by atoms with Crippen molar-refractivity contribution in [2.24, 2.45) is 0 Å². The van der Waals surface area contributed by atoms with Crippen molar-refractivity contribution in [1.82, 2.24) is 9.88 Å². The molecule has 1 aromatic heterocycles. The number of hydrogen-bond acceptors (Lipinski definition) is 6. The van der Waals surface area contributed by atoms with Crippen LogP contribution >= 0.6 is 11.3 Å². The molecule has 0 bridgehead atoms. The highest BCUT2D eigenvalue weighted by atomic mass is 32.1. The summed E-state index contributed by atoms with van der Waals surface area (Å²) in [4.78, 5) is 20.3. The Kier molecular flexibility index (Phi) is 4.95. The van der Waals surface area contributed by atoms with Crippen LogP contribution in [-0.2, 0) is 9.53 Å². The summed E-state index contributed by atoms with van der Waals surface area (Å²) in [6.45, 7) is 1.72. The van der Waals surface area contributed by atoms with Crippen LogP contribution in [0.4, 0.5) is 5.13 Å². The van der Waals surface area contributed by atoms with Crippen LogP contribution in [0.5, 0.6) is 0 Å². The number of nitrogens with zero attached hydrogens (tertiary/aromatic N) is 4. The zero-order valence-corrected chi connectivity index (χ0v) is 14.2. The second-order valence-corrected chi connectivity index (χ2v) is 7.12. The minimum Gasteiger partial charge on any atom is -0.372 e. The Balaban J connectivity index is 1.71. The highest BCUT2D eigenvalue weighted by Gasteiger charge is 2.47. The van der Waals surface area contributed by atoms with Crippen LogP contribution in [0.3, 0.4) is 0 Å². The molecule has 0 unspecified atom stereocenters. The Morgan fingerprint density at radius 2 is 2.39 bits per heavy atom. The van der Waals surface area contributed by atoms with Crippen LogP contribution in [0, 0.1) is 11.3 Å². The standard InChI is InChI=1S/C16H22N4O2S/c1-19(15-18-7-10-23-15)14(21)12-20-8-4-6-16(13(20)11-17)5-2-3-9-22-16/h7,10,13H,2-6,8-9,12H2,1H3/t13-,16-/m1/s1. The maximum atomic E-state index is 12.5. The summed E-state index contributed by atoms with van der Waals surface area (Å²) < 4.78 is 6.06. The quantitative estimate of drug-likeness (QED) is 0.846. The molecule has 2 saturated heterocycles. The lowest BCUT2D eigenvalue weighted by Gasteiger charge is -2.48. The summed E-state index contributed by atoms with van der Waals surface area (Å²) in [5.74, 6) is -0.0342. The van der Waals surface area contributed by atoms with Gasteiger partial charge in [-0.1, -0.05) is 0 Å². The first-order valence-corrected chi connectivity index (χ1v) is 8.98. The normalized spacial score (nSPS) is 28.4. The largest absolute Gasteiger partial charge is 0.372 e. The zero-order chi connectivity index (χ0) is 16.3. The van der Waals surface area contributed by atoms with E-state index in [0.717, 1.165) is 45.3 Å². The van der Waals surface area contributed by atoms with E-state index in [1.54, 1.807) is 18.1 Å². The number of rotatable bonds is 3. The second-order valence-electron chi connectivity index (χ2n) is 6.24. The van der Waals surface area contributed by atoms with Crippen molar-refractivity contribution in [2.45, 2.75) is 43.7 Å². The van der Waals surface area contributed by atoms with Gasteiger partial charge < -0.3 is 4.74 Å². The molecule has 0 aliphatic carbocycles. The van der Waals surface area contributed by atoms with Crippen LogP contribution < -0.4 is 4.90 Å².